The number of carboxylic acid groups (broad SMARTS) is 1. The molecule has 0 aromatic carbocycles. The van der Waals surface area contributed by atoms with Crippen molar-refractivity contribution in [1.82, 2.24) is 10.6 Å². The zero-order valence-corrected chi connectivity index (χ0v) is 26.5. The molecule has 41 heavy (non-hydrogen) atoms. The van der Waals surface area contributed by atoms with Crippen LogP contribution in [-0.2, 0) is 23.9 Å². The largest absolute Gasteiger partial charge is 0.481 e. The molecule has 0 saturated carbocycles. The van der Waals surface area contributed by atoms with Gasteiger partial charge in [0.15, 0.2) is 5.79 Å². The Bertz CT molecular complexity index is 821. The van der Waals surface area contributed by atoms with Gasteiger partial charge in [0, 0.05) is 24.4 Å². The molecule has 1 heterocycles. The van der Waals surface area contributed by atoms with E-state index in [1.807, 2.05) is 13.8 Å². The Hall–Kier alpha value is -2.19. The number of ether oxygens (including phenoxy) is 2. The van der Waals surface area contributed by atoms with Crippen LogP contribution in [0.3, 0.4) is 0 Å². The molecule has 0 bridgehead atoms. The van der Waals surface area contributed by atoms with Crippen molar-refractivity contribution in [2.45, 2.75) is 149 Å². The number of carbonyl (C=O) groups excluding carboxylic acids is 2. The molecule has 0 aromatic rings. The van der Waals surface area contributed by atoms with Crippen molar-refractivity contribution in [3.05, 3.63) is 24.3 Å². The molecule has 2 amide bonds. The van der Waals surface area contributed by atoms with Crippen molar-refractivity contribution in [2.75, 3.05) is 13.2 Å². The minimum Gasteiger partial charge on any atom is -0.481 e. The Morgan fingerprint density at radius 3 is 2.20 bits per heavy atom. The van der Waals surface area contributed by atoms with E-state index in [0.29, 0.717) is 32.4 Å². The molecule has 2 atom stereocenters. The van der Waals surface area contributed by atoms with Gasteiger partial charge in [-0.05, 0) is 65.2 Å². The van der Waals surface area contributed by atoms with E-state index in [9.17, 15) is 19.5 Å². The van der Waals surface area contributed by atoms with Crippen LogP contribution in [0.25, 0.3) is 0 Å². The van der Waals surface area contributed by atoms with Crippen molar-refractivity contribution >= 4 is 17.8 Å². The zero-order valence-electron chi connectivity index (χ0n) is 26.5. The van der Waals surface area contributed by atoms with E-state index in [2.05, 4.69) is 41.9 Å². The first-order chi connectivity index (χ1) is 19.5. The van der Waals surface area contributed by atoms with Crippen molar-refractivity contribution in [1.29, 1.82) is 0 Å². The minimum absolute atomic E-state index is 0.0223. The smallest absolute Gasteiger partial charge is 0.305 e. The fourth-order valence-electron chi connectivity index (χ4n) is 4.80. The Labute approximate surface area is 249 Å². The number of nitrogens with one attached hydrogen (secondary N) is 2. The van der Waals surface area contributed by atoms with Gasteiger partial charge in [0.2, 0.25) is 11.8 Å². The third-order valence-corrected chi connectivity index (χ3v) is 7.31. The van der Waals surface area contributed by atoms with Crippen LogP contribution in [0.4, 0.5) is 0 Å². The summed E-state index contributed by atoms with van der Waals surface area (Å²) < 4.78 is 11.5. The van der Waals surface area contributed by atoms with E-state index >= 15 is 0 Å². The summed E-state index contributed by atoms with van der Waals surface area (Å²) in [5.74, 6) is -2.17. The highest BCUT2D eigenvalue weighted by Crippen LogP contribution is 2.35. The molecule has 8 nitrogen and oxygen atoms in total. The zero-order chi connectivity index (χ0) is 30.6. The highest BCUT2D eigenvalue weighted by Gasteiger charge is 2.46. The number of carboxylic acids is 1. The number of rotatable bonds is 22. The molecule has 236 valence electrons. The van der Waals surface area contributed by atoms with E-state index in [1.165, 1.54) is 38.5 Å². The molecule has 0 spiro atoms. The quantitative estimate of drug-likeness (QED) is 0.0958. The lowest BCUT2D eigenvalue weighted by Crippen LogP contribution is -2.57. The highest BCUT2D eigenvalue weighted by molar-refractivity contribution is 5.82. The van der Waals surface area contributed by atoms with Gasteiger partial charge in [0.05, 0.1) is 13.0 Å². The maximum Gasteiger partial charge on any atom is 0.305 e. The number of hydrogen-bond donors (Lipinski definition) is 3. The molecule has 1 saturated heterocycles. The first kappa shape index (κ1) is 36.8. The normalized spacial score (nSPS) is 18.9. The van der Waals surface area contributed by atoms with Gasteiger partial charge in [-0.1, -0.05) is 77.2 Å². The minimum atomic E-state index is -0.979. The van der Waals surface area contributed by atoms with Crippen LogP contribution < -0.4 is 10.6 Å². The van der Waals surface area contributed by atoms with E-state index in [4.69, 9.17) is 9.47 Å². The van der Waals surface area contributed by atoms with Crippen LogP contribution in [0.15, 0.2) is 24.3 Å². The highest BCUT2D eigenvalue weighted by atomic mass is 16.7. The third kappa shape index (κ3) is 18.1. The van der Waals surface area contributed by atoms with Crippen molar-refractivity contribution in [3.8, 4) is 0 Å². The van der Waals surface area contributed by atoms with Crippen LogP contribution >= 0.6 is 0 Å². The average molecular weight is 579 g/mol. The molecule has 0 radical (unpaired) electrons. The summed E-state index contributed by atoms with van der Waals surface area (Å²) >= 11 is 0. The summed E-state index contributed by atoms with van der Waals surface area (Å²) in [6.45, 7) is 10.3. The molecule has 0 aliphatic carbocycles. The molecule has 0 aromatic heterocycles. The van der Waals surface area contributed by atoms with Gasteiger partial charge in [0.25, 0.3) is 0 Å². The van der Waals surface area contributed by atoms with Crippen LogP contribution in [0, 0.1) is 5.41 Å². The van der Waals surface area contributed by atoms with Gasteiger partial charge in [-0.15, -0.1) is 0 Å². The van der Waals surface area contributed by atoms with Crippen molar-refractivity contribution in [3.63, 3.8) is 0 Å². The Morgan fingerprint density at radius 2 is 1.54 bits per heavy atom. The van der Waals surface area contributed by atoms with E-state index in [-0.39, 0.29) is 18.2 Å². The number of allylic oxidation sites excluding steroid dienone is 4. The van der Waals surface area contributed by atoms with Gasteiger partial charge >= 0.3 is 5.97 Å². The van der Waals surface area contributed by atoms with Gasteiger partial charge in [-0.3, -0.25) is 14.4 Å². The predicted octanol–water partition coefficient (Wildman–Crippen LogP) is 6.83. The second-order valence-electron chi connectivity index (χ2n) is 12.5. The summed E-state index contributed by atoms with van der Waals surface area (Å²) in [6.07, 6.45) is 22.3. The lowest BCUT2D eigenvalue weighted by molar-refractivity contribution is -0.304. The number of amides is 2. The second-order valence-corrected chi connectivity index (χ2v) is 12.5. The summed E-state index contributed by atoms with van der Waals surface area (Å²) in [6, 6.07) is -0.538. The topological polar surface area (TPSA) is 114 Å². The molecular formula is C33H58N2O6. The van der Waals surface area contributed by atoms with E-state index in [1.54, 1.807) is 13.8 Å². The Kier molecular flexibility index (Phi) is 18.6. The summed E-state index contributed by atoms with van der Waals surface area (Å²) in [5.41, 5.74) is -0.539. The molecule has 8 heteroatoms. The number of carbonyl (C=O) groups is 3. The lowest BCUT2D eigenvalue weighted by atomic mass is 9.85. The molecule has 1 aliphatic rings. The average Bonchev–Trinajstić information content (AvgIpc) is 2.90. The van der Waals surface area contributed by atoms with Crippen molar-refractivity contribution < 1.29 is 29.0 Å². The van der Waals surface area contributed by atoms with Gasteiger partial charge < -0.3 is 25.2 Å². The second kappa shape index (κ2) is 20.6. The fraction of sp³-hybridized carbons (Fsp3) is 0.788. The number of unbranched alkanes of at least 4 members (excludes halogenated alkanes) is 8. The summed E-state index contributed by atoms with van der Waals surface area (Å²) in [7, 11) is 0. The maximum absolute atomic E-state index is 13.0. The van der Waals surface area contributed by atoms with Gasteiger partial charge in [-0.25, -0.2) is 0 Å². The standard InChI is InChI=1S/C33H58N2O6/c1-6-7-8-9-10-11-12-13-14-15-16-17-18-19-20-23-28(36)34-24-21-22-27(25-29(37)38)35-31(39)30-32(2,3)26-40-33(4,5)41-30/h10-11,13-14,27,30H,6-9,12,15-26H2,1-5H3,(H,34,36)(H,35,39)(H,37,38). The Balaban J connectivity index is 2.17. The summed E-state index contributed by atoms with van der Waals surface area (Å²) in [5, 5.41) is 15.1. The molecule has 1 rings (SSSR count). The van der Waals surface area contributed by atoms with Crippen molar-refractivity contribution in [2.24, 2.45) is 5.41 Å². The summed E-state index contributed by atoms with van der Waals surface area (Å²) in [4.78, 5) is 36.6. The molecule has 1 fully saturated rings. The monoisotopic (exact) mass is 578 g/mol. The fourth-order valence-corrected chi connectivity index (χ4v) is 4.80. The molecule has 3 N–H and O–H groups in total. The van der Waals surface area contributed by atoms with Crippen LogP contribution in [0.5, 0.6) is 0 Å². The molecule has 2 unspecified atom stereocenters. The Morgan fingerprint density at radius 1 is 0.902 bits per heavy atom. The lowest BCUT2D eigenvalue weighted by Gasteiger charge is -2.45. The predicted molar refractivity (Wildman–Crippen MR) is 164 cm³/mol. The van der Waals surface area contributed by atoms with Crippen LogP contribution in [-0.4, -0.2) is 54.0 Å². The number of hydrogen-bond acceptors (Lipinski definition) is 5. The van der Waals surface area contributed by atoms with Crippen LogP contribution in [0.1, 0.15) is 131 Å². The maximum atomic E-state index is 13.0. The SMILES string of the molecule is CCCCCC=CCC=CCCCCCCCC(=O)NCCCC(CC(=O)O)NC(=O)C1OC(C)(C)OCC1(C)C. The first-order valence-corrected chi connectivity index (χ1v) is 15.9. The first-order valence-electron chi connectivity index (χ1n) is 15.9. The van der Waals surface area contributed by atoms with E-state index in [0.717, 1.165) is 32.1 Å². The third-order valence-electron chi connectivity index (χ3n) is 7.31. The van der Waals surface area contributed by atoms with E-state index < -0.39 is 29.3 Å². The number of aliphatic carboxylic acids is 1. The van der Waals surface area contributed by atoms with Gasteiger partial charge in [0.1, 0.15) is 6.10 Å². The molecular weight excluding hydrogens is 520 g/mol. The molecule has 1 aliphatic heterocycles. The van der Waals surface area contributed by atoms with Gasteiger partial charge in [-0.2, -0.15) is 0 Å². The van der Waals surface area contributed by atoms with Crippen LogP contribution in [0.2, 0.25) is 0 Å².